The van der Waals surface area contributed by atoms with Gasteiger partial charge in [-0.15, -0.1) is 5.10 Å². The van der Waals surface area contributed by atoms with Gasteiger partial charge in [0.25, 0.3) is 0 Å². The van der Waals surface area contributed by atoms with Gasteiger partial charge in [-0.3, -0.25) is 4.79 Å². The lowest BCUT2D eigenvalue weighted by Crippen LogP contribution is -2.11. The van der Waals surface area contributed by atoms with Crippen LogP contribution in [0.25, 0.3) is 0 Å². The number of carboxylic acids is 1. The molecule has 0 saturated heterocycles. The summed E-state index contributed by atoms with van der Waals surface area (Å²) in [6.07, 6.45) is 0. The van der Waals surface area contributed by atoms with E-state index in [4.69, 9.17) is 5.11 Å². The van der Waals surface area contributed by atoms with Crippen molar-refractivity contribution in [2.45, 2.75) is 24.1 Å². The zero-order chi connectivity index (χ0) is 15.2. The third-order valence-electron chi connectivity index (χ3n) is 2.33. The minimum Gasteiger partial charge on any atom is -0.480 e. The van der Waals surface area contributed by atoms with Gasteiger partial charge in [0, 0.05) is 11.3 Å². The number of thioether (sulfide) groups is 1. The van der Waals surface area contributed by atoms with Gasteiger partial charge >= 0.3 is 12.6 Å². The average molecular weight is 316 g/mol. The summed E-state index contributed by atoms with van der Waals surface area (Å²) in [5.74, 6) is -0.745. The Morgan fingerprint density at radius 1 is 1.43 bits per heavy atom. The van der Waals surface area contributed by atoms with Crippen LogP contribution in [0.4, 0.5) is 8.78 Å². The molecule has 1 N–H and O–H groups in total. The first-order chi connectivity index (χ1) is 10.1. The van der Waals surface area contributed by atoms with Crippen LogP contribution in [0.1, 0.15) is 5.56 Å². The van der Waals surface area contributed by atoms with Crippen LogP contribution in [0.5, 0.6) is 5.75 Å². The topological polar surface area (TPSA) is 90.1 Å². The van der Waals surface area contributed by atoms with E-state index in [2.05, 4.69) is 20.3 Å². The van der Waals surface area contributed by atoms with Crippen LogP contribution in [-0.4, -0.2) is 37.9 Å². The van der Waals surface area contributed by atoms with Crippen molar-refractivity contribution < 1.29 is 23.4 Å². The summed E-state index contributed by atoms with van der Waals surface area (Å²) >= 11 is 1.13. The highest BCUT2D eigenvalue weighted by atomic mass is 32.2. The standard InChI is InChI=1S/C11H10F2N4O3S/c12-10(13)20-8-4-2-1-3-7(8)6-21-11-14-15-16-17(11)5-9(18)19/h1-4,10H,5-6H2,(H,18,19). The van der Waals surface area contributed by atoms with E-state index in [-0.39, 0.29) is 23.2 Å². The Morgan fingerprint density at radius 3 is 2.90 bits per heavy atom. The van der Waals surface area contributed by atoms with Crippen LogP contribution >= 0.6 is 11.8 Å². The van der Waals surface area contributed by atoms with Gasteiger partial charge in [-0.1, -0.05) is 30.0 Å². The molecule has 1 heterocycles. The molecule has 10 heteroatoms. The normalized spacial score (nSPS) is 10.8. The maximum absolute atomic E-state index is 12.3. The summed E-state index contributed by atoms with van der Waals surface area (Å²) in [5, 5.41) is 19.6. The Bertz CT molecular complexity index is 623. The molecule has 0 amide bonds. The van der Waals surface area contributed by atoms with E-state index in [1.54, 1.807) is 18.2 Å². The average Bonchev–Trinajstić information content (AvgIpc) is 2.83. The molecule has 0 saturated carbocycles. The number of ether oxygens (including phenoxy) is 1. The monoisotopic (exact) mass is 316 g/mol. The first-order valence-corrected chi connectivity index (χ1v) is 6.68. The van der Waals surface area contributed by atoms with Gasteiger partial charge in [0.15, 0.2) is 0 Å². The third kappa shape index (κ3) is 4.38. The summed E-state index contributed by atoms with van der Waals surface area (Å²) in [4.78, 5) is 10.6. The lowest BCUT2D eigenvalue weighted by Gasteiger charge is -2.09. The van der Waals surface area contributed by atoms with Gasteiger partial charge in [0.1, 0.15) is 12.3 Å². The molecule has 0 bridgehead atoms. The summed E-state index contributed by atoms with van der Waals surface area (Å²) in [6.45, 7) is -3.28. The molecule has 1 aromatic heterocycles. The predicted octanol–water partition coefficient (Wildman–Crippen LogP) is 1.65. The zero-order valence-electron chi connectivity index (χ0n) is 10.5. The van der Waals surface area contributed by atoms with Crippen LogP contribution in [-0.2, 0) is 17.1 Å². The Hall–Kier alpha value is -2.23. The molecule has 0 atom stereocenters. The number of hydrogen-bond donors (Lipinski definition) is 1. The lowest BCUT2D eigenvalue weighted by atomic mass is 10.2. The number of tetrazole rings is 1. The second-order valence-corrected chi connectivity index (χ2v) is 4.73. The quantitative estimate of drug-likeness (QED) is 0.777. The number of benzene rings is 1. The third-order valence-corrected chi connectivity index (χ3v) is 3.34. The number of rotatable bonds is 7. The van der Waals surface area contributed by atoms with Gasteiger partial charge < -0.3 is 9.84 Å². The first kappa shape index (κ1) is 15.2. The molecule has 21 heavy (non-hydrogen) atoms. The molecule has 0 spiro atoms. The zero-order valence-corrected chi connectivity index (χ0v) is 11.3. The van der Waals surface area contributed by atoms with Crippen LogP contribution in [0, 0.1) is 0 Å². The number of nitrogens with zero attached hydrogens (tertiary/aromatic N) is 4. The molecule has 7 nitrogen and oxygen atoms in total. The van der Waals surface area contributed by atoms with E-state index < -0.39 is 12.6 Å². The Labute approximate surface area is 121 Å². The minimum atomic E-state index is -2.91. The Kier molecular flexibility index (Phi) is 5.04. The Morgan fingerprint density at radius 2 is 2.19 bits per heavy atom. The number of para-hydroxylation sites is 1. The molecule has 0 radical (unpaired) electrons. The molecule has 0 aliphatic heterocycles. The van der Waals surface area contributed by atoms with Crippen molar-refractivity contribution in [3.8, 4) is 5.75 Å². The van der Waals surface area contributed by atoms with Crippen molar-refractivity contribution in [1.82, 2.24) is 20.2 Å². The highest BCUT2D eigenvalue weighted by Gasteiger charge is 2.13. The molecule has 2 rings (SSSR count). The number of carbonyl (C=O) groups is 1. The van der Waals surface area contributed by atoms with Crippen LogP contribution < -0.4 is 4.74 Å². The number of aliphatic carboxylic acids is 1. The fourth-order valence-corrected chi connectivity index (χ4v) is 2.37. The van der Waals surface area contributed by atoms with Crippen molar-refractivity contribution in [2.24, 2.45) is 0 Å². The second kappa shape index (κ2) is 6.97. The molecule has 112 valence electrons. The second-order valence-electron chi connectivity index (χ2n) is 3.79. The molecule has 0 aliphatic rings. The maximum atomic E-state index is 12.3. The molecule has 0 unspecified atom stereocenters. The fraction of sp³-hybridized carbons (Fsp3) is 0.273. The molecule has 0 fully saturated rings. The van der Waals surface area contributed by atoms with E-state index in [0.717, 1.165) is 16.4 Å². The predicted molar refractivity (Wildman–Crippen MR) is 68.1 cm³/mol. The van der Waals surface area contributed by atoms with E-state index >= 15 is 0 Å². The van der Waals surface area contributed by atoms with E-state index in [1.165, 1.54) is 6.07 Å². The van der Waals surface area contributed by atoms with E-state index in [1.807, 2.05) is 0 Å². The van der Waals surface area contributed by atoms with Crippen molar-refractivity contribution in [1.29, 1.82) is 0 Å². The minimum absolute atomic E-state index is 0.0669. The highest BCUT2D eigenvalue weighted by Crippen LogP contribution is 2.27. The summed E-state index contributed by atoms with van der Waals surface area (Å²) in [7, 11) is 0. The smallest absolute Gasteiger partial charge is 0.387 e. The van der Waals surface area contributed by atoms with Gasteiger partial charge in [-0.05, 0) is 16.5 Å². The summed E-state index contributed by atoms with van der Waals surface area (Å²) < 4.78 is 30.1. The highest BCUT2D eigenvalue weighted by molar-refractivity contribution is 7.98. The van der Waals surface area contributed by atoms with Gasteiger partial charge in [-0.25, -0.2) is 4.68 Å². The summed E-state index contributed by atoms with van der Waals surface area (Å²) in [6, 6.07) is 6.34. The van der Waals surface area contributed by atoms with Crippen molar-refractivity contribution in [3.63, 3.8) is 0 Å². The van der Waals surface area contributed by atoms with Crippen molar-refractivity contribution >= 4 is 17.7 Å². The number of aromatic nitrogens is 4. The molecular formula is C11H10F2N4O3S. The van der Waals surface area contributed by atoms with Gasteiger partial charge in [0.05, 0.1) is 0 Å². The van der Waals surface area contributed by atoms with Crippen molar-refractivity contribution in [2.75, 3.05) is 0 Å². The SMILES string of the molecule is O=C(O)Cn1nnnc1SCc1ccccc1OC(F)F. The maximum Gasteiger partial charge on any atom is 0.387 e. The molecular weight excluding hydrogens is 306 g/mol. The molecule has 1 aromatic carbocycles. The molecule has 2 aromatic rings. The van der Waals surface area contributed by atoms with Crippen LogP contribution in [0.3, 0.4) is 0 Å². The van der Waals surface area contributed by atoms with Crippen LogP contribution in [0.15, 0.2) is 29.4 Å². The van der Waals surface area contributed by atoms with Gasteiger partial charge in [0.2, 0.25) is 5.16 Å². The number of halogens is 2. The number of alkyl halides is 2. The number of hydrogen-bond acceptors (Lipinski definition) is 6. The Balaban J connectivity index is 2.06. The fourth-order valence-electron chi connectivity index (χ4n) is 1.50. The summed E-state index contributed by atoms with van der Waals surface area (Å²) in [5.41, 5.74) is 0.535. The number of carboxylic acid groups (broad SMARTS) is 1. The largest absolute Gasteiger partial charge is 0.480 e. The molecule has 0 aliphatic carbocycles. The first-order valence-electron chi connectivity index (χ1n) is 5.69. The van der Waals surface area contributed by atoms with Crippen molar-refractivity contribution in [3.05, 3.63) is 29.8 Å². The van der Waals surface area contributed by atoms with E-state index in [9.17, 15) is 13.6 Å². The lowest BCUT2D eigenvalue weighted by molar-refractivity contribution is -0.138. The van der Waals surface area contributed by atoms with Crippen LogP contribution in [0.2, 0.25) is 0 Å². The van der Waals surface area contributed by atoms with Gasteiger partial charge in [-0.2, -0.15) is 8.78 Å². The van der Waals surface area contributed by atoms with E-state index in [0.29, 0.717) is 5.56 Å².